The zero-order valence-electron chi connectivity index (χ0n) is 11.5. The Kier molecular flexibility index (Phi) is 3.35. The van der Waals surface area contributed by atoms with E-state index < -0.39 is 5.82 Å². The third kappa shape index (κ3) is 2.35. The van der Waals surface area contributed by atoms with E-state index in [0.717, 1.165) is 5.56 Å². The summed E-state index contributed by atoms with van der Waals surface area (Å²) >= 11 is 0. The van der Waals surface area contributed by atoms with Crippen molar-refractivity contribution in [2.24, 2.45) is 0 Å². The molecule has 0 spiro atoms. The van der Waals surface area contributed by atoms with Crippen LogP contribution in [0.5, 0.6) is 0 Å². The number of nitrogens with zero attached hydrogens (tertiary/aromatic N) is 4. The number of aromatic nitrogens is 4. The molecule has 0 radical (unpaired) electrons. The Hall–Kier alpha value is -2.76. The molecule has 3 aromatic rings. The van der Waals surface area contributed by atoms with Gasteiger partial charge in [0.15, 0.2) is 11.6 Å². The van der Waals surface area contributed by atoms with Crippen molar-refractivity contribution in [3.8, 4) is 17.2 Å². The van der Waals surface area contributed by atoms with Crippen LogP contribution in [0.25, 0.3) is 17.2 Å². The Bertz CT molecular complexity index is 764. The van der Waals surface area contributed by atoms with Crippen molar-refractivity contribution in [3.05, 3.63) is 54.5 Å². The van der Waals surface area contributed by atoms with Gasteiger partial charge in [-0.15, -0.1) is 0 Å². The van der Waals surface area contributed by atoms with Crippen LogP contribution in [0.1, 0.15) is 12.6 Å². The van der Waals surface area contributed by atoms with Crippen LogP contribution in [0.2, 0.25) is 0 Å². The normalized spacial score (nSPS) is 10.8. The summed E-state index contributed by atoms with van der Waals surface area (Å²) in [6, 6.07) is 7.24. The molecule has 0 bridgehead atoms. The molecule has 2 aromatic heterocycles. The van der Waals surface area contributed by atoms with Crippen LogP contribution in [0.3, 0.4) is 0 Å². The van der Waals surface area contributed by atoms with E-state index in [-0.39, 0.29) is 5.82 Å². The third-order valence-electron chi connectivity index (χ3n) is 3.22. The summed E-state index contributed by atoms with van der Waals surface area (Å²) in [6.07, 6.45) is 5.16. The molecular weight excluding hydrogens is 269 g/mol. The van der Waals surface area contributed by atoms with Crippen molar-refractivity contribution in [2.75, 3.05) is 5.73 Å². The number of halogens is 1. The number of imidazole rings is 1. The Balaban J connectivity index is 2.13. The number of benzene rings is 1. The van der Waals surface area contributed by atoms with E-state index in [1.807, 2.05) is 19.1 Å². The van der Waals surface area contributed by atoms with Gasteiger partial charge < -0.3 is 5.73 Å². The predicted molar refractivity (Wildman–Crippen MR) is 78.3 cm³/mol. The first-order chi connectivity index (χ1) is 10.2. The SMILES string of the molecule is CCc1ncnc(-n2ccnc2-c2ccc(N)cc2)c1F. The van der Waals surface area contributed by atoms with E-state index in [2.05, 4.69) is 15.0 Å². The van der Waals surface area contributed by atoms with Crippen LogP contribution in [0.15, 0.2) is 43.0 Å². The molecule has 0 unspecified atom stereocenters. The molecule has 0 saturated heterocycles. The second-order valence-corrected chi connectivity index (χ2v) is 4.55. The molecule has 3 rings (SSSR count). The van der Waals surface area contributed by atoms with Gasteiger partial charge in [-0.1, -0.05) is 6.92 Å². The van der Waals surface area contributed by atoms with Gasteiger partial charge in [0.25, 0.3) is 0 Å². The van der Waals surface area contributed by atoms with Crippen molar-refractivity contribution in [2.45, 2.75) is 13.3 Å². The average Bonchev–Trinajstić information content (AvgIpc) is 2.97. The van der Waals surface area contributed by atoms with E-state index in [1.165, 1.54) is 6.33 Å². The van der Waals surface area contributed by atoms with Crippen molar-refractivity contribution in [3.63, 3.8) is 0 Å². The molecule has 0 aliphatic rings. The van der Waals surface area contributed by atoms with Gasteiger partial charge in [0, 0.05) is 23.6 Å². The summed E-state index contributed by atoms with van der Waals surface area (Å²) in [5.41, 5.74) is 7.57. The first-order valence-electron chi connectivity index (χ1n) is 6.59. The molecule has 21 heavy (non-hydrogen) atoms. The van der Waals surface area contributed by atoms with E-state index in [4.69, 9.17) is 5.73 Å². The van der Waals surface area contributed by atoms with Crippen LogP contribution in [0, 0.1) is 5.82 Å². The number of nitrogens with two attached hydrogens (primary N) is 1. The van der Waals surface area contributed by atoms with Gasteiger partial charge in [0.1, 0.15) is 12.2 Å². The molecular formula is C15H14FN5. The van der Waals surface area contributed by atoms with Crippen LogP contribution in [0.4, 0.5) is 10.1 Å². The molecule has 0 aliphatic heterocycles. The van der Waals surface area contributed by atoms with Crippen LogP contribution >= 0.6 is 0 Å². The van der Waals surface area contributed by atoms with Crippen LogP contribution < -0.4 is 5.73 Å². The van der Waals surface area contributed by atoms with Crippen molar-refractivity contribution >= 4 is 5.69 Å². The lowest BCUT2D eigenvalue weighted by molar-refractivity contribution is 0.582. The number of hydrogen-bond acceptors (Lipinski definition) is 4. The summed E-state index contributed by atoms with van der Waals surface area (Å²) in [5.74, 6) is 0.385. The minimum Gasteiger partial charge on any atom is -0.399 e. The second kappa shape index (κ2) is 5.32. The third-order valence-corrected chi connectivity index (χ3v) is 3.22. The largest absolute Gasteiger partial charge is 0.399 e. The molecule has 0 atom stereocenters. The first kappa shape index (κ1) is 13.2. The first-order valence-corrected chi connectivity index (χ1v) is 6.59. The maximum Gasteiger partial charge on any atom is 0.187 e. The van der Waals surface area contributed by atoms with Gasteiger partial charge in [0.05, 0.1) is 5.69 Å². The lowest BCUT2D eigenvalue weighted by atomic mass is 10.2. The molecule has 2 N–H and O–H groups in total. The van der Waals surface area contributed by atoms with E-state index in [9.17, 15) is 4.39 Å². The summed E-state index contributed by atoms with van der Waals surface area (Å²) in [7, 11) is 0. The summed E-state index contributed by atoms with van der Waals surface area (Å²) in [6.45, 7) is 1.85. The standard InChI is InChI=1S/C15H14FN5/c1-2-12-13(16)15(20-9-19-12)21-8-7-18-14(21)10-3-5-11(17)6-4-10/h3-9H,2,17H2,1H3. The topological polar surface area (TPSA) is 69.6 Å². The zero-order valence-corrected chi connectivity index (χ0v) is 11.5. The van der Waals surface area contributed by atoms with Gasteiger partial charge in [-0.05, 0) is 30.7 Å². The minimum absolute atomic E-state index is 0.200. The maximum atomic E-state index is 14.4. The number of rotatable bonds is 3. The summed E-state index contributed by atoms with van der Waals surface area (Å²) < 4.78 is 16.0. The van der Waals surface area contributed by atoms with E-state index in [0.29, 0.717) is 23.6 Å². The Morgan fingerprint density at radius 3 is 2.62 bits per heavy atom. The second-order valence-electron chi connectivity index (χ2n) is 4.55. The van der Waals surface area contributed by atoms with Crippen LogP contribution in [-0.4, -0.2) is 19.5 Å². The Morgan fingerprint density at radius 2 is 1.90 bits per heavy atom. The average molecular weight is 283 g/mol. The van der Waals surface area contributed by atoms with Gasteiger partial charge in [0.2, 0.25) is 0 Å². The molecule has 0 amide bonds. The lowest BCUT2D eigenvalue weighted by Gasteiger charge is -2.09. The zero-order chi connectivity index (χ0) is 14.8. The molecule has 1 aromatic carbocycles. The highest BCUT2D eigenvalue weighted by Crippen LogP contribution is 2.23. The number of aryl methyl sites for hydroxylation is 1. The highest BCUT2D eigenvalue weighted by Gasteiger charge is 2.15. The molecule has 0 fully saturated rings. The molecule has 2 heterocycles. The van der Waals surface area contributed by atoms with Gasteiger partial charge in [-0.2, -0.15) is 0 Å². The monoisotopic (exact) mass is 283 g/mol. The molecule has 5 nitrogen and oxygen atoms in total. The molecule has 6 heteroatoms. The lowest BCUT2D eigenvalue weighted by Crippen LogP contribution is -2.06. The maximum absolute atomic E-state index is 14.4. The van der Waals surface area contributed by atoms with Gasteiger partial charge in [-0.3, -0.25) is 4.57 Å². The smallest absolute Gasteiger partial charge is 0.187 e. The van der Waals surface area contributed by atoms with Gasteiger partial charge in [-0.25, -0.2) is 19.3 Å². The van der Waals surface area contributed by atoms with Crippen molar-refractivity contribution in [1.82, 2.24) is 19.5 Å². The Labute approximate surface area is 121 Å². The Morgan fingerprint density at radius 1 is 1.14 bits per heavy atom. The summed E-state index contributed by atoms with van der Waals surface area (Å²) in [4.78, 5) is 12.3. The highest BCUT2D eigenvalue weighted by atomic mass is 19.1. The van der Waals surface area contributed by atoms with Crippen molar-refractivity contribution in [1.29, 1.82) is 0 Å². The fraction of sp³-hybridized carbons (Fsp3) is 0.133. The van der Waals surface area contributed by atoms with Crippen LogP contribution in [-0.2, 0) is 6.42 Å². The van der Waals surface area contributed by atoms with E-state index >= 15 is 0 Å². The van der Waals surface area contributed by atoms with E-state index in [1.54, 1.807) is 29.1 Å². The number of anilines is 1. The fourth-order valence-electron chi connectivity index (χ4n) is 2.13. The molecule has 0 saturated carbocycles. The van der Waals surface area contributed by atoms with Gasteiger partial charge >= 0.3 is 0 Å². The minimum atomic E-state index is -0.422. The number of nitrogen functional groups attached to an aromatic ring is 1. The summed E-state index contributed by atoms with van der Waals surface area (Å²) in [5, 5.41) is 0. The fourth-order valence-corrected chi connectivity index (χ4v) is 2.13. The van der Waals surface area contributed by atoms with Crippen molar-refractivity contribution < 1.29 is 4.39 Å². The molecule has 106 valence electrons. The quantitative estimate of drug-likeness (QED) is 0.750. The predicted octanol–water partition coefficient (Wildman–Crippen LogP) is 2.61. The number of hydrogen-bond donors (Lipinski definition) is 1. The highest BCUT2D eigenvalue weighted by molar-refractivity contribution is 5.61. The molecule has 0 aliphatic carbocycles.